The molecule has 0 aliphatic carbocycles. The molecule has 1 aliphatic rings. The molecule has 0 saturated carbocycles. The number of aromatic amines is 1. The van der Waals surface area contributed by atoms with Crippen molar-refractivity contribution >= 4 is 10.0 Å². The van der Waals surface area contributed by atoms with E-state index in [1.165, 1.54) is 4.31 Å². The molecule has 7 heteroatoms. The minimum absolute atomic E-state index is 0.338. The summed E-state index contributed by atoms with van der Waals surface area (Å²) in [5.74, 6) is 0.388. The number of ether oxygens (including phenoxy) is 1. The van der Waals surface area contributed by atoms with Gasteiger partial charge in [-0.05, 0) is 31.4 Å². The highest BCUT2D eigenvalue weighted by Crippen LogP contribution is 2.21. The molecule has 1 fully saturated rings. The van der Waals surface area contributed by atoms with Crippen molar-refractivity contribution in [3.05, 3.63) is 18.0 Å². The monoisotopic (exact) mass is 315 g/mol. The lowest BCUT2D eigenvalue weighted by Gasteiger charge is -2.26. The van der Waals surface area contributed by atoms with Gasteiger partial charge in [0.15, 0.2) is 0 Å². The van der Waals surface area contributed by atoms with Gasteiger partial charge in [0, 0.05) is 45.2 Å². The third kappa shape index (κ3) is 4.29. The molecule has 0 amide bonds. The molecule has 0 aromatic carbocycles. The second kappa shape index (κ2) is 7.40. The van der Waals surface area contributed by atoms with Crippen molar-refractivity contribution < 1.29 is 13.2 Å². The lowest BCUT2D eigenvalue weighted by molar-refractivity contribution is 0.0620. The fraction of sp³-hybridized carbons (Fsp3) is 0.714. The molecule has 0 bridgehead atoms. The van der Waals surface area contributed by atoms with E-state index < -0.39 is 10.0 Å². The Morgan fingerprint density at radius 3 is 2.81 bits per heavy atom. The highest BCUT2D eigenvalue weighted by molar-refractivity contribution is 7.89. The second-order valence-corrected chi connectivity index (χ2v) is 7.53. The van der Waals surface area contributed by atoms with E-state index in [-0.39, 0.29) is 0 Å². The van der Waals surface area contributed by atoms with E-state index >= 15 is 0 Å². The molecule has 1 saturated heterocycles. The summed E-state index contributed by atoms with van der Waals surface area (Å²) in [6.45, 7) is 5.53. The molecule has 1 aliphatic heterocycles. The third-order valence-corrected chi connectivity index (χ3v) is 5.65. The largest absolute Gasteiger partial charge is 0.381 e. The van der Waals surface area contributed by atoms with Crippen LogP contribution in [0.15, 0.2) is 17.2 Å². The van der Waals surface area contributed by atoms with Crippen molar-refractivity contribution in [2.24, 2.45) is 5.92 Å². The van der Waals surface area contributed by atoms with Crippen molar-refractivity contribution in [2.45, 2.75) is 31.2 Å². The predicted octanol–water partition coefficient (Wildman–Crippen LogP) is 1.17. The van der Waals surface area contributed by atoms with Gasteiger partial charge in [-0.25, -0.2) is 12.7 Å². The number of nitrogens with zero attached hydrogens (tertiary/aromatic N) is 1. The number of rotatable bonds is 7. The van der Waals surface area contributed by atoms with Crippen LogP contribution in [0.2, 0.25) is 0 Å². The first-order valence-corrected chi connectivity index (χ1v) is 8.90. The summed E-state index contributed by atoms with van der Waals surface area (Å²) >= 11 is 0. The number of hydrogen-bond donors (Lipinski definition) is 2. The van der Waals surface area contributed by atoms with E-state index in [1.54, 1.807) is 19.3 Å². The average molecular weight is 315 g/mol. The minimum Gasteiger partial charge on any atom is -0.381 e. The molecule has 0 atom stereocenters. The molecule has 120 valence electrons. The van der Waals surface area contributed by atoms with Crippen molar-refractivity contribution in [2.75, 3.05) is 33.4 Å². The number of hydrogen-bond acceptors (Lipinski definition) is 4. The molecular formula is C14H25N3O3S. The molecule has 0 radical (unpaired) electrons. The summed E-state index contributed by atoms with van der Waals surface area (Å²) in [5, 5.41) is 3.17. The normalized spacial score (nSPS) is 17.5. The summed E-state index contributed by atoms with van der Waals surface area (Å²) in [6, 6.07) is 1.71. The number of aromatic nitrogens is 1. The zero-order valence-corrected chi connectivity index (χ0v) is 13.6. The van der Waals surface area contributed by atoms with Gasteiger partial charge in [-0.15, -0.1) is 0 Å². The Morgan fingerprint density at radius 1 is 1.43 bits per heavy atom. The summed E-state index contributed by atoms with van der Waals surface area (Å²) in [5.41, 5.74) is 0.884. The van der Waals surface area contributed by atoms with Crippen LogP contribution in [0.25, 0.3) is 0 Å². The Labute approximate surface area is 126 Å². The molecule has 2 N–H and O–H groups in total. The van der Waals surface area contributed by atoms with Gasteiger partial charge < -0.3 is 15.0 Å². The lowest BCUT2D eigenvalue weighted by Crippen LogP contribution is -2.34. The maximum Gasteiger partial charge on any atom is 0.244 e. The topological polar surface area (TPSA) is 74.4 Å². The summed E-state index contributed by atoms with van der Waals surface area (Å²) in [4.78, 5) is 3.35. The van der Waals surface area contributed by atoms with Gasteiger partial charge in [-0.3, -0.25) is 0 Å². The average Bonchev–Trinajstić information content (AvgIpc) is 2.95. The quantitative estimate of drug-likeness (QED) is 0.792. The van der Waals surface area contributed by atoms with E-state index in [0.29, 0.717) is 23.9 Å². The van der Waals surface area contributed by atoms with Crippen molar-refractivity contribution in [1.82, 2.24) is 14.6 Å². The molecule has 0 unspecified atom stereocenters. The molecule has 6 nitrogen and oxygen atoms in total. The van der Waals surface area contributed by atoms with E-state index in [0.717, 1.165) is 38.3 Å². The molecule has 21 heavy (non-hydrogen) atoms. The van der Waals surface area contributed by atoms with E-state index in [1.807, 2.05) is 6.92 Å². The van der Waals surface area contributed by atoms with Gasteiger partial charge in [-0.2, -0.15) is 0 Å². The van der Waals surface area contributed by atoms with Crippen LogP contribution in [-0.2, 0) is 21.3 Å². The summed E-state index contributed by atoms with van der Waals surface area (Å²) in [6.07, 6.45) is 3.43. The zero-order chi connectivity index (χ0) is 15.3. The fourth-order valence-electron chi connectivity index (χ4n) is 2.50. The van der Waals surface area contributed by atoms with Crippen LogP contribution in [0.3, 0.4) is 0 Å². The Morgan fingerprint density at radius 2 is 2.14 bits per heavy atom. The van der Waals surface area contributed by atoms with Crippen molar-refractivity contribution in [3.63, 3.8) is 0 Å². The van der Waals surface area contributed by atoms with Crippen molar-refractivity contribution in [1.29, 1.82) is 0 Å². The Hall–Kier alpha value is -0.890. The number of nitrogens with one attached hydrogen (secondary N) is 2. The van der Waals surface area contributed by atoms with Crippen LogP contribution in [0.1, 0.15) is 25.5 Å². The van der Waals surface area contributed by atoms with Gasteiger partial charge in [-0.1, -0.05) is 6.92 Å². The Kier molecular flexibility index (Phi) is 5.80. The Bertz CT molecular complexity index is 535. The minimum atomic E-state index is -3.41. The predicted molar refractivity (Wildman–Crippen MR) is 81.5 cm³/mol. The molecular weight excluding hydrogens is 290 g/mol. The molecule has 1 aromatic heterocycles. The van der Waals surface area contributed by atoms with Crippen LogP contribution < -0.4 is 5.32 Å². The van der Waals surface area contributed by atoms with Gasteiger partial charge in [0.25, 0.3) is 0 Å². The highest BCUT2D eigenvalue weighted by atomic mass is 32.2. The Balaban J connectivity index is 2.00. The van der Waals surface area contributed by atoms with E-state index in [4.69, 9.17) is 4.74 Å². The van der Waals surface area contributed by atoms with Gasteiger partial charge in [0.05, 0.1) is 4.90 Å². The zero-order valence-electron chi connectivity index (χ0n) is 12.8. The van der Waals surface area contributed by atoms with Crippen LogP contribution in [0, 0.1) is 5.92 Å². The number of sulfonamides is 1. The van der Waals surface area contributed by atoms with Gasteiger partial charge >= 0.3 is 0 Å². The van der Waals surface area contributed by atoms with E-state index in [9.17, 15) is 8.42 Å². The summed E-state index contributed by atoms with van der Waals surface area (Å²) in [7, 11) is -1.75. The third-order valence-electron chi connectivity index (χ3n) is 3.85. The maximum absolute atomic E-state index is 12.5. The molecule has 0 spiro atoms. The number of H-pyrrole nitrogens is 1. The molecule has 2 heterocycles. The SMILES string of the molecule is CCNCc1cc(S(=O)(=O)N(C)CC2CCOCC2)c[nH]1. The highest BCUT2D eigenvalue weighted by Gasteiger charge is 2.25. The van der Waals surface area contributed by atoms with Gasteiger partial charge in [0.2, 0.25) is 10.0 Å². The lowest BCUT2D eigenvalue weighted by atomic mass is 10.0. The standard InChI is InChI=1S/C14H25N3O3S/c1-3-15-9-13-8-14(10-16-13)21(18,19)17(2)11-12-4-6-20-7-5-12/h8,10,12,15-16H,3-7,9,11H2,1-2H3. The maximum atomic E-state index is 12.5. The van der Waals surface area contributed by atoms with Crippen molar-refractivity contribution in [3.8, 4) is 0 Å². The van der Waals surface area contributed by atoms with Crippen LogP contribution in [0.4, 0.5) is 0 Å². The van der Waals surface area contributed by atoms with Crippen LogP contribution in [-0.4, -0.2) is 51.1 Å². The van der Waals surface area contributed by atoms with Gasteiger partial charge in [0.1, 0.15) is 0 Å². The fourth-order valence-corrected chi connectivity index (χ4v) is 3.77. The smallest absolute Gasteiger partial charge is 0.244 e. The summed E-state index contributed by atoms with van der Waals surface area (Å²) < 4.78 is 31.9. The second-order valence-electron chi connectivity index (χ2n) is 5.48. The van der Waals surface area contributed by atoms with Crippen LogP contribution in [0.5, 0.6) is 0 Å². The first-order chi connectivity index (χ1) is 10.0. The molecule has 2 rings (SSSR count). The van der Waals surface area contributed by atoms with E-state index in [2.05, 4.69) is 10.3 Å². The first kappa shape index (κ1) is 16.5. The first-order valence-electron chi connectivity index (χ1n) is 7.46. The van der Waals surface area contributed by atoms with Crippen LogP contribution >= 0.6 is 0 Å². The molecule has 1 aromatic rings.